The fraction of sp³-hybridized carbons (Fsp3) is 0.0870. The third-order valence-corrected chi connectivity index (χ3v) is 10.2. The van der Waals surface area contributed by atoms with E-state index < -0.39 is 0 Å². The second kappa shape index (κ2) is 10.6. The topological polar surface area (TPSA) is 35.6 Å². The van der Waals surface area contributed by atoms with Gasteiger partial charge in [-0.2, -0.15) is 0 Å². The monoisotopic (exact) mass is 642 g/mol. The number of aromatic nitrogens is 4. The Kier molecular flexibility index (Phi) is 6.10. The van der Waals surface area contributed by atoms with E-state index in [-0.39, 0.29) is 5.41 Å². The number of benzene rings is 7. The molecule has 0 bridgehead atoms. The van der Waals surface area contributed by atoms with Crippen molar-refractivity contribution >= 4 is 65.3 Å². The molecule has 0 spiro atoms. The quantitative estimate of drug-likeness (QED) is 0.192. The predicted octanol–water partition coefficient (Wildman–Crippen LogP) is 11.9. The molecule has 3 heterocycles. The molecule has 0 aliphatic heterocycles. The lowest BCUT2D eigenvalue weighted by Crippen LogP contribution is -2.17. The van der Waals surface area contributed by atoms with E-state index in [1.54, 1.807) is 0 Å². The molecule has 0 aliphatic rings. The van der Waals surface area contributed by atoms with Crippen LogP contribution in [0.15, 0.2) is 152 Å². The van der Waals surface area contributed by atoms with Crippen LogP contribution >= 0.6 is 0 Å². The molecule has 3 aromatic heterocycles. The summed E-state index contributed by atoms with van der Waals surface area (Å²) in [4.78, 5) is 10.4. The summed E-state index contributed by atoms with van der Waals surface area (Å²) in [6.07, 6.45) is 0. The van der Waals surface area contributed by atoms with Gasteiger partial charge >= 0.3 is 0 Å². The van der Waals surface area contributed by atoms with Gasteiger partial charge in [0, 0.05) is 38.0 Å². The van der Waals surface area contributed by atoms with Gasteiger partial charge in [-0.1, -0.05) is 118 Å². The Labute approximate surface area is 289 Å². The van der Waals surface area contributed by atoms with E-state index in [0.29, 0.717) is 5.95 Å². The highest BCUT2D eigenvalue weighted by Crippen LogP contribution is 2.40. The molecule has 0 unspecified atom stereocenters. The molecule has 0 fully saturated rings. The van der Waals surface area contributed by atoms with E-state index in [9.17, 15) is 0 Å². The Morgan fingerprint density at radius 1 is 0.440 bits per heavy atom. The molecule has 0 saturated heterocycles. The number of fused-ring (bicyclic) bond motifs is 9. The molecular formula is C46H34N4. The zero-order chi connectivity index (χ0) is 33.6. The summed E-state index contributed by atoms with van der Waals surface area (Å²) in [6.45, 7) is 6.67. The van der Waals surface area contributed by atoms with Gasteiger partial charge in [0.15, 0.2) is 0 Å². The van der Waals surface area contributed by atoms with Crippen LogP contribution in [0, 0.1) is 0 Å². The molecule has 10 rings (SSSR count). The van der Waals surface area contributed by atoms with Gasteiger partial charge in [-0.3, -0.25) is 4.57 Å². The van der Waals surface area contributed by atoms with Crippen molar-refractivity contribution in [2.24, 2.45) is 0 Å². The predicted molar refractivity (Wildman–Crippen MR) is 210 cm³/mol. The first-order valence-electron chi connectivity index (χ1n) is 17.3. The minimum atomic E-state index is -0.142. The average molecular weight is 643 g/mol. The van der Waals surface area contributed by atoms with Crippen LogP contribution < -0.4 is 0 Å². The van der Waals surface area contributed by atoms with Crippen LogP contribution in [0.5, 0.6) is 0 Å². The zero-order valence-corrected chi connectivity index (χ0v) is 28.2. The highest BCUT2D eigenvalue weighted by molar-refractivity contribution is 6.22. The number of para-hydroxylation sites is 3. The van der Waals surface area contributed by atoms with Gasteiger partial charge in [-0.05, 0) is 76.5 Å². The molecule has 50 heavy (non-hydrogen) atoms. The van der Waals surface area contributed by atoms with Crippen LogP contribution in [0.4, 0.5) is 0 Å². The van der Waals surface area contributed by atoms with Crippen molar-refractivity contribution in [3.63, 3.8) is 0 Å². The van der Waals surface area contributed by atoms with E-state index in [1.807, 2.05) is 0 Å². The summed E-state index contributed by atoms with van der Waals surface area (Å²) in [5, 5.41) is 8.52. The molecule has 0 saturated carbocycles. The number of rotatable bonds is 3. The van der Waals surface area contributed by atoms with Crippen molar-refractivity contribution in [2.45, 2.75) is 26.2 Å². The minimum Gasteiger partial charge on any atom is -0.309 e. The van der Waals surface area contributed by atoms with Crippen molar-refractivity contribution in [1.29, 1.82) is 0 Å². The summed E-state index contributed by atoms with van der Waals surface area (Å²) in [6, 6.07) is 54.7. The molecule has 0 radical (unpaired) electrons. The Bertz CT molecular complexity index is 2960. The van der Waals surface area contributed by atoms with Gasteiger partial charge in [-0.25, -0.2) is 9.97 Å². The van der Waals surface area contributed by atoms with Crippen LogP contribution in [0.1, 0.15) is 26.5 Å². The summed E-state index contributed by atoms with van der Waals surface area (Å²) in [5.74, 6) is 0.703. The maximum atomic E-state index is 5.26. The van der Waals surface area contributed by atoms with E-state index >= 15 is 0 Å². The number of nitrogens with zero attached hydrogens (tertiary/aromatic N) is 4. The molecule has 0 amide bonds. The van der Waals surface area contributed by atoms with Crippen molar-refractivity contribution in [1.82, 2.24) is 19.1 Å². The molecule has 0 N–H and O–H groups in total. The van der Waals surface area contributed by atoms with Crippen LogP contribution in [0.25, 0.3) is 88.0 Å². The SMILES string of the molecule is CC(C)(C)c1nc(-n2c3ccccc3c3cc(-c4ccc5c(c4)c4c6ccccc6ccc4n5-c4ccccc4)ccc32)nc2ccccc12. The van der Waals surface area contributed by atoms with E-state index in [1.165, 1.54) is 54.5 Å². The lowest BCUT2D eigenvalue weighted by molar-refractivity contribution is 0.572. The van der Waals surface area contributed by atoms with Crippen LogP contribution in [-0.2, 0) is 5.41 Å². The largest absolute Gasteiger partial charge is 0.309 e. The molecule has 0 atom stereocenters. The first-order chi connectivity index (χ1) is 24.4. The van der Waals surface area contributed by atoms with Gasteiger partial charge in [0.1, 0.15) is 0 Å². The molecule has 10 aromatic rings. The average Bonchev–Trinajstić information content (AvgIpc) is 3.67. The zero-order valence-electron chi connectivity index (χ0n) is 28.2. The Morgan fingerprint density at radius 3 is 1.82 bits per heavy atom. The number of hydrogen-bond donors (Lipinski definition) is 0. The van der Waals surface area contributed by atoms with Crippen molar-refractivity contribution < 1.29 is 0 Å². The standard InChI is InChI=1S/C46H34N4/c1-46(2,3)44-35-18-9-11-19-38(35)47-45(48-44)50-39-20-12-10-17-34(39)36-27-30(22-24-40(36)50)31-23-25-41-37(28-31)43-33-16-8-7-13-29(33)21-26-42(43)49(41)32-14-5-4-6-15-32/h4-28H,1-3H3. The van der Waals surface area contributed by atoms with Crippen molar-refractivity contribution in [3.8, 4) is 22.8 Å². The third-order valence-electron chi connectivity index (χ3n) is 10.2. The van der Waals surface area contributed by atoms with Gasteiger partial charge in [0.2, 0.25) is 5.95 Å². The summed E-state index contributed by atoms with van der Waals surface area (Å²) < 4.78 is 4.63. The molecule has 0 aliphatic carbocycles. The molecule has 4 heteroatoms. The van der Waals surface area contributed by atoms with Crippen molar-refractivity contribution in [3.05, 3.63) is 157 Å². The van der Waals surface area contributed by atoms with Crippen LogP contribution in [0.2, 0.25) is 0 Å². The van der Waals surface area contributed by atoms with Crippen molar-refractivity contribution in [2.75, 3.05) is 0 Å². The van der Waals surface area contributed by atoms with E-state index in [4.69, 9.17) is 9.97 Å². The first-order valence-corrected chi connectivity index (χ1v) is 17.3. The van der Waals surface area contributed by atoms with Crippen LogP contribution in [-0.4, -0.2) is 19.1 Å². The van der Waals surface area contributed by atoms with E-state index in [0.717, 1.165) is 33.3 Å². The van der Waals surface area contributed by atoms with E-state index in [2.05, 4.69) is 182 Å². The fourth-order valence-electron chi connectivity index (χ4n) is 7.93. The molecular weight excluding hydrogens is 609 g/mol. The van der Waals surface area contributed by atoms with Gasteiger partial charge in [-0.15, -0.1) is 0 Å². The van der Waals surface area contributed by atoms with Crippen LogP contribution in [0.3, 0.4) is 0 Å². The third kappa shape index (κ3) is 4.25. The summed E-state index contributed by atoms with van der Waals surface area (Å²) in [7, 11) is 0. The highest BCUT2D eigenvalue weighted by Gasteiger charge is 2.23. The second-order valence-electron chi connectivity index (χ2n) is 14.3. The highest BCUT2D eigenvalue weighted by atomic mass is 15.2. The summed E-state index contributed by atoms with van der Waals surface area (Å²) in [5.41, 5.74) is 10.0. The normalized spacial score (nSPS) is 12.3. The second-order valence-corrected chi connectivity index (χ2v) is 14.3. The Balaban J connectivity index is 1.22. The maximum absolute atomic E-state index is 5.26. The number of hydrogen-bond acceptors (Lipinski definition) is 2. The van der Waals surface area contributed by atoms with Gasteiger partial charge in [0.25, 0.3) is 0 Å². The van der Waals surface area contributed by atoms with Gasteiger partial charge in [0.05, 0.1) is 33.3 Å². The smallest absolute Gasteiger partial charge is 0.235 e. The molecule has 7 aromatic carbocycles. The minimum absolute atomic E-state index is 0.142. The first kappa shape index (κ1) is 28.7. The fourth-order valence-corrected chi connectivity index (χ4v) is 7.93. The lowest BCUT2D eigenvalue weighted by Gasteiger charge is -2.21. The Morgan fingerprint density at radius 2 is 1.04 bits per heavy atom. The van der Waals surface area contributed by atoms with Gasteiger partial charge < -0.3 is 4.57 Å². The Hall–Kier alpha value is -6.26. The lowest BCUT2D eigenvalue weighted by atomic mass is 9.89. The molecule has 4 nitrogen and oxygen atoms in total. The summed E-state index contributed by atoms with van der Waals surface area (Å²) >= 11 is 0. The maximum Gasteiger partial charge on any atom is 0.235 e. The molecule has 238 valence electrons.